The first-order chi connectivity index (χ1) is 11.3. The van der Waals surface area contributed by atoms with Gasteiger partial charge in [0.2, 0.25) is 0 Å². The number of pyridine rings is 1. The molecule has 1 heterocycles. The Balaban J connectivity index is 2.30. The summed E-state index contributed by atoms with van der Waals surface area (Å²) in [6.07, 6.45) is -4.33. The number of aromatic carboxylic acids is 1. The SMILES string of the molecule is O=C(O)c1cccc(NC(CCO)c2cccc(C(F)(F)F)c2)n1. The van der Waals surface area contributed by atoms with Crippen LogP contribution in [0.15, 0.2) is 42.5 Å². The molecule has 8 heteroatoms. The molecule has 0 fully saturated rings. The normalized spacial score (nSPS) is 12.7. The molecule has 0 amide bonds. The van der Waals surface area contributed by atoms with Crippen molar-refractivity contribution in [1.29, 1.82) is 0 Å². The molecule has 0 aliphatic heterocycles. The molecule has 24 heavy (non-hydrogen) atoms. The van der Waals surface area contributed by atoms with E-state index < -0.39 is 23.8 Å². The summed E-state index contributed by atoms with van der Waals surface area (Å²) in [6.45, 7) is -0.257. The fourth-order valence-corrected chi connectivity index (χ4v) is 2.20. The second-order valence-corrected chi connectivity index (χ2v) is 5.05. The summed E-state index contributed by atoms with van der Waals surface area (Å²) in [5, 5.41) is 21.0. The van der Waals surface area contributed by atoms with Gasteiger partial charge in [0, 0.05) is 6.61 Å². The van der Waals surface area contributed by atoms with Crippen LogP contribution in [-0.2, 0) is 6.18 Å². The zero-order valence-electron chi connectivity index (χ0n) is 12.4. The molecule has 1 aromatic carbocycles. The number of hydrogen-bond acceptors (Lipinski definition) is 4. The molecule has 1 unspecified atom stereocenters. The molecule has 2 aromatic rings. The van der Waals surface area contributed by atoms with Crippen molar-refractivity contribution in [3.63, 3.8) is 0 Å². The average molecular weight is 340 g/mol. The van der Waals surface area contributed by atoms with Crippen LogP contribution in [-0.4, -0.2) is 27.8 Å². The fourth-order valence-electron chi connectivity index (χ4n) is 2.20. The minimum absolute atomic E-state index is 0.139. The number of aromatic nitrogens is 1. The third kappa shape index (κ3) is 4.45. The summed E-state index contributed by atoms with van der Waals surface area (Å²) < 4.78 is 38.5. The van der Waals surface area contributed by atoms with Gasteiger partial charge in [0.1, 0.15) is 5.82 Å². The smallest absolute Gasteiger partial charge is 0.416 e. The van der Waals surface area contributed by atoms with Crippen molar-refractivity contribution in [1.82, 2.24) is 4.98 Å². The first-order valence-electron chi connectivity index (χ1n) is 7.06. The minimum atomic E-state index is -4.47. The maximum atomic E-state index is 12.8. The Labute approximate surface area is 135 Å². The van der Waals surface area contributed by atoms with Crippen LogP contribution in [0.1, 0.15) is 34.1 Å². The topological polar surface area (TPSA) is 82.5 Å². The molecule has 0 aliphatic rings. The lowest BCUT2D eigenvalue weighted by atomic mass is 10.0. The Bertz CT molecular complexity index is 720. The van der Waals surface area contributed by atoms with Crippen LogP contribution in [0.5, 0.6) is 0 Å². The van der Waals surface area contributed by atoms with E-state index in [1.807, 2.05) is 0 Å². The van der Waals surface area contributed by atoms with Crippen molar-refractivity contribution in [3.05, 3.63) is 59.3 Å². The van der Waals surface area contributed by atoms with Crippen LogP contribution in [0.4, 0.5) is 19.0 Å². The van der Waals surface area contributed by atoms with Crippen molar-refractivity contribution in [2.24, 2.45) is 0 Å². The van der Waals surface area contributed by atoms with E-state index in [-0.39, 0.29) is 24.5 Å². The molecule has 3 N–H and O–H groups in total. The first kappa shape index (κ1) is 17.7. The lowest BCUT2D eigenvalue weighted by Crippen LogP contribution is -2.15. The van der Waals surface area contributed by atoms with Crippen molar-refractivity contribution < 1.29 is 28.2 Å². The number of carbonyl (C=O) groups is 1. The van der Waals surface area contributed by atoms with E-state index >= 15 is 0 Å². The fraction of sp³-hybridized carbons (Fsp3) is 0.250. The predicted octanol–water partition coefficient (Wildman–Crippen LogP) is 3.33. The highest BCUT2D eigenvalue weighted by Crippen LogP contribution is 2.32. The Kier molecular flexibility index (Phi) is 5.40. The Morgan fingerprint density at radius 2 is 1.92 bits per heavy atom. The number of rotatable bonds is 6. The number of aliphatic hydroxyl groups excluding tert-OH is 1. The van der Waals surface area contributed by atoms with Gasteiger partial charge in [-0.2, -0.15) is 13.2 Å². The van der Waals surface area contributed by atoms with Gasteiger partial charge in [0.25, 0.3) is 0 Å². The van der Waals surface area contributed by atoms with Crippen molar-refractivity contribution in [2.45, 2.75) is 18.6 Å². The number of hydrogen-bond donors (Lipinski definition) is 3. The van der Waals surface area contributed by atoms with Gasteiger partial charge in [-0.1, -0.05) is 18.2 Å². The number of anilines is 1. The van der Waals surface area contributed by atoms with Gasteiger partial charge in [-0.05, 0) is 36.2 Å². The summed E-state index contributed by atoms with van der Waals surface area (Å²) >= 11 is 0. The van der Waals surface area contributed by atoms with Crippen molar-refractivity contribution in [2.75, 3.05) is 11.9 Å². The van der Waals surface area contributed by atoms with E-state index in [1.54, 1.807) is 0 Å². The minimum Gasteiger partial charge on any atom is -0.477 e. The van der Waals surface area contributed by atoms with Gasteiger partial charge >= 0.3 is 12.1 Å². The largest absolute Gasteiger partial charge is 0.477 e. The number of alkyl halides is 3. The summed E-state index contributed by atoms with van der Waals surface area (Å²) in [6, 6.07) is 8.38. The molecule has 0 saturated heterocycles. The van der Waals surface area contributed by atoms with E-state index in [2.05, 4.69) is 10.3 Å². The summed E-state index contributed by atoms with van der Waals surface area (Å²) in [5.41, 5.74) is -0.662. The molecule has 128 valence electrons. The summed E-state index contributed by atoms with van der Waals surface area (Å²) in [7, 11) is 0. The third-order valence-electron chi connectivity index (χ3n) is 3.32. The molecule has 0 spiro atoms. The van der Waals surface area contributed by atoms with Crippen LogP contribution in [0.25, 0.3) is 0 Å². The Morgan fingerprint density at radius 1 is 1.21 bits per heavy atom. The predicted molar refractivity (Wildman–Crippen MR) is 80.7 cm³/mol. The number of carboxylic acids is 1. The molecule has 2 rings (SSSR count). The molecule has 1 atom stereocenters. The van der Waals surface area contributed by atoms with Gasteiger partial charge < -0.3 is 15.5 Å². The van der Waals surface area contributed by atoms with E-state index in [0.29, 0.717) is 5.56 Å². The first-order valence-corrected chi connectivity index (χ1v) is 7.06. The number of halogens is 3. The highest BCUT2D eigenvalue weighted by molar-refractivity contribution is 5.85. The highest BCUT2D eigenvalue weighted by atomic mass is 19.4. The number of benzene rings is 1. The van der Waals surface area contributed by atoms with Crippen LogP contribution >= 0.6 is 0 Å². The van der Waals surface area contributed by atoms with Crippen LogP contribution in [0.2, 0.25) is 0 Å². The molecule has 0 aliphatic carbocycles. The Hall–Kier alpha value is -2.61. The van der Waals surface area contributed by atoms with Gasteiger partial charge in [0.15, 0.2) is 5.69 Å². The zero-order valence-corrected chi connectivity index (χ0v) is 12.4. The van der Waals surface area contributed by atoms with Gasteiger partial charge in [0.05, 0.1) is 11.6 Å². The van der Waals surface area contributed by atoms with Crippen molar-refractivity contribution in [3.8, 4) is 0 Å². The third-order valence-corrected chi connectivity index (χ3v) is 3.32. The molecule has 0 radical (unpaired) electrons. The van der Waals surface area contributed by atoms with E-state index in [4.69, 9.17) is 5.11 Å². The maximum absolute atomic E-state index is 12.8. The van der Waals surface area contributed by atoms with Gasteiger partial charge in [-0.15, -0.1) is 0 Å². The standard InChI is InChI=1S/C16H15F3N2O3/c17-16(18,19)11-4-1-3-10(9-11)12(7-8-22)20-14-6-2-5-13(21-14)15(23)24/h1-6,9,12,22H,7-8H2,(H,20,21)(H,23,24). The van der Waals surface area contributed by atoms with E-state index in [1.165, 1.54) is 30.3 Å². The molecule has 0 bridgehead atoms. The van der Waals surface area contributed by atoms with E-state index in [9.17, 15) is 23.1 Å². The lowest BCUT2D eigenvalue weighted by molar-refractivity contribution is -0.137. The molecular formula is C16H15F3N2O3. The summed E-state index contributed by atoms with van der Waals surface area (Å²) in [5.74, 6) is -1.01. The molecule has 0 saturated carbocycles. The zero-order chi connectivity index (χ0) is 17.7. The number of carboxylic acid groups (broad SMARTS) is 1. The van der Waals surface area contributed by atoms with E-state index in [0.717, 1.165) is 12.1 Å². The van der Waals surface area contributed by atoms with Crippen LogP contribution in [0, 0.1) is 0 Å². The Morgan fingerprint density at radius 3 is 2.54 bits per heavy atom. The second kappa shape index (κ2) is 7.31. The van der Waals surface area contributed by atoms with Gasteiger partial charge in [-0.25, -0.2) is 9.78 Å². The van der Waals surface area contributed by atoms with Gasteiger partial charge in [-0.3, -0.25) is 0 Å². The van der Waals surface area contributed by atoms with Crippen LogP contribution in [0.3, 0.4) is 0 Å². The maximum Gasteiger partial charge on any atom is 0.416 e. The number of nitrogens with one attached hydrogen (secondary N) is 1. The average Bonchev–Trinajstić information content (AvgIpc) is 2.54. The molecule has 1 aromatic heterocycles. The number of aliphatic hydroxyl groups is 1. The molecule has 5 nitrogen and oxygen atoms in total. The quantitative estimate of drug-likeness (QED) is 0.751. The highest BCUT2D eigenvalue weighted by Gasteiger charge is 2.31. The second-order valence-electron chi connectivity index (χ2n) is 5.05. The summed E-state index contributed by atoms with van der Waals surface area (Å²) in [4.78, 5) is 14.8. The van der Waals surface area contributed by atoms with Crippen molar-refractivity contribution >= 4 is 11.8 Å². The molecular weight excluding hydrogens is 325 g/mol. The number of nitrogens with zero attached hydrogens (tertiary/aromatic N) is 1. The van der Waals surface area contributed by atoms with Crippen LogP contribution < -0.4 is 5.32 Å². The monoisotopic (exact) mass is 340 g/mol. The lowest BCUT2D eigenvalue weighted by Gasteiger charge is -2.20.